The maximum Gasteiger partial charge on any atom is 0.336 e. The van der Waals surface area contributed by atoms with Crippen molar-refractivity contribution in [2.24, 2.45) is 5.92 Å². The maximum absolute atomic E-state index is 13.1. The summed E-state index contributed by atoms with van der Waals surface area (Å²) in [6.45, 7) is 2.04. The van der Waals surface area contributed by atoms with Gasteiger partial charge in [-0.3, -0.25) is 0 Å². The first-order valence-corrected chi connectivity index (χ1v) is 5.84. The van der Waals surface area contributed by atoms with Crippen LogP contribution in [0.1, 0.15) is 22.3 Å². The van der Waals surface area contributed by atoms with E-state index in [2.05, 4.69) is 0 Å². The zero-order valence-electron chi connectivity index (χ0n) is 9.89. The number of carbonyl (C=O) groups is 1. The molecule has 2 rings (SSSR count). The molecule has 1 fully saturated rings. The van der Waals surface area contributed by atoms with Crippen LogP contribution in [0.4, 0.5) is 4.39 Å². The Morgan fingerprint density at radius 1 is 1.56 bits per heavy atom. The number of aromatic carboxylic acids is 1. The fraction of sp³-hybridized carbons (Fsp3) is 0.462. The van der Waals surface area contributed by atoms with E-state index in [9.17, 15) is 9.18 Å². The van der Waals surface area contributed by atoms with Gasteiger partial charge in [-0.2, -0.15) is 0 Å². The second-order valence-electron chi connectivity index (χ2n) is 4.35. The fourth-order valence-electron chi connectivity index (χ4n) is 1.94. The van der Waals surface area contributed by atoms with Crippen molar-refractivity contribution in [1.82, 2.24) is 0 Å². The zero-order chi connectivity index (χ0) is 13.0. The van der Waals surface area contributed by atoms with Crippen molar-refractivity contribution in [3.05, 3.63) is 35.1 Å². The molecule has 1 aromatic carbocycles. The molecule has 1 heterocycles. The molecule has 1 unspecified atom stereocenters. The minimum absolute atomic E-state index is 0.0825. The maximum atomic E-state index is 13.1. The molecule has 0 spiro atoms. The summed E-state index contributed by atoms with van der Waals surface area (Å²) in [5.74, 6) is -1.17. The van der Waals surface area contributed by atoms with Crippen molar-refractivity contribution in [2.75, 3.05) is 19.8 Å². The standard InChI is InChI=1S/C13H15FO4/c14-11-1-2-12(13(15)16)10(5-11)8-18-7-9-3-4-17-6-9/h1-2,5,9H,3-4,6-8H2,(H,15,16). The summed E-state index contributed by atoms with van der Waals surface area (Å²) in [5.41, 5.74) is 0.445. The fourth-order valence-corrected chi connectivity index (χ4v) is 1.94. The Hall–Kier alpha value is -1.46. The number of ether oxygens (including phenoxy) is 2. The lowest BCUT2D eigenvalue weighted by atomic mass is 10.1. The van der Waals surface area contributed by atoms with E-state index in [1.807, 2.05) is 0 Å². The molecule has 1 aromatic rings. The number of hydrogen-bond donors (Lipinski definition) is 1. The minimum atomic E-state index is -1.07. The van der Waals surface area contributed by atoms with Crippen LogP contribution in [0, 0.1) is 11.7 Å². The molecule has 0 saturated carbocycles. The largest absolute Gasteiger partial charge is 0.478 e. The van der Waals surface area contributed by atoms with Gasteiger partial charge in [0.2, 0.25) is 0 Å². The van der Waals surface area contributed by atoms with Crippen LogP contribution in [-0.4, -0.2) is 30.9 Å². The van der Waals surface area contributed by atoms with E-state index >= 15 is 0 Å². The van der Waals surface area contributed by atoms with Crippen LogP contribution in [0.5, 0.6) is 0 Å². The van der Waals surface area contributed by atoms with Gasteiger partial charge in [0.25, 0.3) is 0 Å². The third kappa shape index (κ3) is 3.27. The first kappa shape index (κ1) is 13.0. The first-order valence-electron chi connectivity index (χ1n) is 5.84. The van der Waals surface area contributed by atoms with E-state index in [4.69, 9.17) is 14.6 Å². The van der Waals surface area contributed by atoms with Gasteiger partial charge in [-0.05, 0) is 30.2 Å². The third-order valence-corrected chi connectivity index (χ3v) is 2.93. The second kappa shape index (κ2) is 5.93. The van der Waals surface area contributed by atoms with Crippen molar-refractivity contribution in [3.8, 4) is 0 Å². The normalized spacial score (nSPS) is 19.1. The molecule has 1 aliphatic heterocycles. The summed E-state index contributed by atoms with van der Waals surface area (Å²) >= 11 is 0. The number of halogens is 1. The van der Waals surface area contributed by atoms with Crippen LogP contribution in [0.2, 0.25) is 0 Å². The van der Waals surface area contributed by atoms with Crippen molar-refractivity contribution >= 4 is 5.97 Å². The van der Waals surface area contributed by atoms with Gasteiger partial charge in [-0.25, -0.2) is 9.18 Å². The van der Waals surface area contributed by atoms with E-state index in [-0.39, 0.29) is 12.2 Å². The van der Waals surface area contributed by atoms with Gasteiger partial charge in [0.1, 0.15) is 5.82 Å². The smallest absolute Gasteiger partial charge is 0.336 e. The molecule has 1 atom stereocenters. The van der Waals surface area contributed by atoms with Crippen molar-refractivity contribution in [2.45, 2.75) is 13.0 Å². The van der Waals surface area contributed by atoms with Gasteiger partial charge in [0, 0.05) is 12.5 Å². The molecule has 4 nitrogen and oxygen atoms in total. The van der Waals surface area contributed by atoms with Crippen LogP contribution < -0.4 is 0 Å². The van der Waals surface area contributed by atoms with E-state index < -0.39 is 11.8 Å². The summed E-state index contributed by atoms with van der Waals surface area (Å²) in [4.78, 5) is 11.0. The average molecular weight is 254 g/mol. The lowest BCUT2D eigenvalue weighted by Gasteiger charge is -2.10. The lowest BCUT2D eigenvalue weighted by molar-refractivity contribution is 0.0665. The summed E-state index contributed by atoms with van der Waals surface area (Å²) in [7, 11) is 0. The minimum Gasteiger partial charge on any atom is -0.478 e. The van der Waals surface area contributed by atoms with E-state index in [1.165, 1.54) is 12.1 Å². The van der Waals surface area contributed by atoms with E-state index in [0.29, 0.717) is 24.7 Å². The zero-order valence-corrected chi connectivity index (χ0v) is 9.89. The first-order chi connectivity index (χ1) is 8.66. The molecule has 0 radical (unpaired) electrons. The molecular formula is C13H15FO4. The molecule has 0 aromatic heterocycles. The van der Waals surface area contributed by atoms with Crippen LogP contribution >= 0.6 is 0 Å². The molecule has 1 saturated heterocycles. The summed E-state index contributed by atoms with van der Waals surface area (Å²) in [6, 6.07) is 3.60. The molecule has 1 N–H and O–H groups in total. The Bertz CT molecular complexity index is 427. The molecule has 0 amide bonds. The predicted octanol–water partition coefficient (Wildman–Crippen LogP) is 2.08. The summed E-state index contributed by atoms with van der Waals surface area (Å²) in [5, 5.41) is 8.97. The van der Waals surface area contributed by atoms with Crippen LogP contribution in [0.15, 0.2) is 18.2 Å². The Balaban J connectivity index is 1.94. The van der Waals surface area contributed by atoms with Gasteiger partial charge in [-0.1, -0.05) is 0 Å². The monoisotopic (exact) mass is 254 g/mol. The van der Waals surface area contributed by atoms with Gasteiger partial charge in [-0.15, -0.1) is 0 Å². The number of carboxylic acid groups (broad SMARTS) is 1. The summed E-state index contributed by atoms with van der Waals surface area (Å²) in [6.07, 6.45) is 0.953. The third-order valence-electron chi connectivity index (χ3n) is 2.93. The van der Waals surface area contributed by atoms with E-state index in [1.54, 1.807) is 0 Å². The highest BCUT2D eigenvalue weighted by Crippen LogP contribution is 2.16. The number of hydrogen-bond acceptors (Lipinski definition) is 3. The van der Waals surface area contributed by atoms with Gasteiger partial charge in [0.15, 0.2) is 0 Å². The molecule has 0 aliphatic carbocycles. The van der Waals surface area contributed by atoms with Gasteiger partial charge in [0.05, 0.1) is 25.4 Å². The highest BCUT2D eigenvalue weighted by atomic mass is 19.1. The van der Waals surface area contributed by atoms with Crippen molar-refractivity contribution < 1.29 is 23.8 Å². The Morgan fingerprint density at radius 2 is 2.39 bits per heavy atom. The van der Waals surface area contributed by atoms with Crippen molar-refractivity contribution in [3.63, 3.8) is 0 Å². The molecule has 18 heavy (non-hydrogen) atoms. The Kier molecular flexibility index (Phi) is 4.28. The van der Waals surface area contributed by atoms with Gasteiger partial charge >= 0.3 is 5.97 Å². The molecule has 5 heteroatoms. The molecular weight excluding hydrogens is 239 g/mol. The van der Waals surface area contributed by atoms with Crippen LogP contribution in [-0.2, 0) is 16.1 Å². The van der Waals surface area contributed by atoms with E-state index in [0.717, 1.165) is 19.1 Å². The van der Waals surface area contributed by atoms with Crippen LogP contribution in [0.25, 0.3) is 0 Å². The lowest BCUT2D eigenvalue weighted by Crippen LogP contribution is -2.11. The van der Waals surface area contributed by atoms with Crippen LogP contribution in [0.3, 0.4) is 0 Å². The Labute approximate surface area is 104 Å². The molecule has 0 bridgehead atoms. The SMILES string of the molecule is O=C(O)c1ccc(F)cc1COCC1CCOC1. The number of rotatable bonds is 5. The molecule has 1 aliphatic rings. The number of benzene rings is 1. The predicted molar refractivity (Wildman–Crippen MR) is 61.9 cm³/mol. The molecule has 98 valence electrons. The highest BCUT2D eigenvalue weighted by molar-refractivity contribution is 5.89. The Morgan fingerprint density at radius 3 is 3.06 bits per heavy atom. The quantitative estimate of drug-likeness (QED) is 0.874. The summed E-state index contributed by atoms with van der Waals surface area (Å²) < 4.78 is 23.7. The topological polar surface area (TPSA) is 55.8 Å². The number of carboxylic acids is 1. The second-order valence-corrected chi connectivity index (χ2v) is 4.35. The van der Waals surface area contributed by atoms with Gasteiger partial charge < -0.3 is 14.6 Å². The average Bonchev–Trinajstić information content (AvgIpc) is 2.82. The van der Waals surface area contributed by atoms with Crippen molar-refractivity contribution in [1.29, 1.82) is 0 Å². The highest BCUT2D eigenvalue weighted by Gasteiger charge is 2.16.